The Kier molecular flexibility index (Phi) is 6.20. The Labute approximate surface area is 184 Å². The smallest absolute Gasteiger partial charge is 0.325 e. The van der Waals surface area contributed by atoms with Gasteiger partial charge in [0.15, 0.2) is 0 Å². The molecule has 1 saturated heterocycles. The molecular formula is C25H31N3O3. The molecule has 164 valence electrons. The number of carbonyl (C=O) groups excluding carboxylic acids is 3. The van der Waals surface area contributed by atoms with Crippen LogP contribution in [-0.4, -0.2) is 29.3 Å². The lowest BCUT2D eigenvalue weighted by atomic mass is 9.90. The normalized spacial score (nSPS) is 19.5. The van der Waals surface area contributed by atoms with E-state index in [0.29, 0.717) is 11.5 Å². The van der Waals surface area contributed by atoms with Crippen molar-refractivity contribution < 1.29 is 14.4 Å². The quantitative estimate of drug-likeness (QED) is 0.690. The van der Waals surface area contributed by atoms with Crippen LogP contribution in [0, 0.1) is 13.8 Å². The second kappa shape index (κ2) is 8.53. The minimum absolute atomic E-state index is 0.234. The van der Waals surface area contributed by atoms with Crippen molar-refractivity contribution in [1.82, 2.24) is 15.5 Å². The molecule has 0 unspecified atom stereocenters. The van der Waals surface area contributed by atoms with Crippen molar-refractivity contribution in [2.75, 3.05) is 6.54 Å². The molecule has 2 aromatic carbocycles. The first-order valence-corrected chi connectivity index (χ1v) is 10.6. The van der Waals surface area contributed by atoms with Gasteiger partial charge in [-0.3, -0.25) is 14.5 Å². The van der Waals surface area contributed by atoms with Gasteiger partial charge in [-0.25, -0.2) is 4.79 Å². The van der Waals surface area contributed by atoms with Gasteiger partial charge in [0.1, 0.15) is 12.1 Å². The van der Waals surface area contributed by atoms with Crippen LogP contribution in [0.2, 0.25) is 0 Å². The summed E-state index contributed by atoms with van der Waals surface area (Å²) in [4.78, 5) is 39.2. The summed E-state index contributed by atoms with van der Waals surface area (Å²) in [5.41, 5.74) is 3.97. The number of carbonyl (C=O) groups is 3. The Bertz CT molecular complexity index is 1010. The molecule has 3 rings (SSSR count). The van der Waals surface area contributed by atoms with E-state index in [1.165, 1.54) is 5.56 Å². The third kappa shape index (κ3) is 4.48. The van der Waals surface area contributed by atoms with Crippen LogP contribution in [0.15, 0.2) is 42.5 Å². The topological polar surface area (TPSA) is 78.5 Å². The van der Waals surface area contributed by atoms with Crippen molar-refractivity contribution in [2.45, 2.75) is 59.0 Å². The summed E-state index contributed by atoms with van der Waals surface area (Å²) in [6.45, 7) is 11.5. The van der Waals surface area contributed by atoms with Gasteiger partial charge < -0.3 is 10.6 Å². The number of hydrogen-bond acceptors (Lipinski definition) is 3. The minimum Gasteiger partial charge on any atom is -0.348 e. The van der Waals surface area contributed by atoms with Crippen LogP contribution < -0.4 is 10.6 Å². The summed E-state index contributed by atoms with van der Waals surface area (Å²) in [7, 11) is 0. The second-order valence-electron chi connectivity index (χ2n) is 8.86. The van der Waals surface area contributed by atoms with E-state index in [4.69, 9.17) is 0 Å². The highest BCUT2D eigenvalue weighted by Gasteiger charge is 2.49. The third-order valence-corrected chi connectivity index (χ3v) is 6.14. The van der Waals surface area contributed by atoms with Crippen LogP contribution in [0.3, 0.4) is 0 Å². The first-order chi connectivity index (χ1) is 14.5. The van der Waals surface area contributed by atoms with Crippen LogP contribution in [0.1, 0.15) is 67.5 Å². The number of imide groups is 1. The monoisotopic (exact) mass is 421 g/mol. The second-order valence-corrected chi connectivity index (χ2v) is 8.86. The molecule has 0 aliphatic carbocycles. The molecule has 6 heteroatoms. The van der Waals surface area contributed by atoms with E-state index in [1.54, 1.807) is 6.92 Å². The van der Waals surface area contributed by atoms with Crippen molar-refractivity contribution in [3.05, 3.63) is 70.3 Å². The molecule has 1 aliphatic heterocycles. The highest BCUT2D eigenvalue weighted by Crippen LogP contribution is 2.30. The Hall–Kier alpha value is -3.15. The lowest BCUT2D eigenvalue weighted by Gasteiger charge is -2.23. The van der Waals surface area contributed by atoms with Gasteiger partial charge in [0.2, 0.25) is 5.91 Å². The Morgan fingerprint density at radius 1 is 1.00 bits per heavy atom. The van der Waals surface area contributed by atoms with E-state index in [2.05, 4.69) is 24.5 Å². The SMILES string of the molecule is Cc1ccc([C@H](C)NC(=O)CN2C(=O)N[C@@](C)(c3ccc(C(C)C)cc3)C2=O)cc1C. The van der Waals surface area contributed by atoms with Crippen LogP contribution in [-0.2, 0) is 15.1 Å². The number of hydrogen-bond donors (Lipinski definition) is 2. The Morgan fingerprint density at radius 3 is 2.19 bits per heavy atom. The maximum atomic E-state index is 13.1. The summed E-state index contributed by atoms with van der Waals surface area (Å²) in [6, 6.07) is 12.9. The molecular weight excluding hydrogens is 390 g/mol. The molecule has 31 heavy (non-hydrogen) atoms. The van der Waals surface area contributed by atoms with Gasteiger partial charge in [-0.05, 0) is 61.4 Å². The molecule has 0 saturated carbocycles. The highest BCUT2D eigenvalue weighted by atomic mass is 16.2. The van der Waals surface area contributed by atoms with Crippen LogP contribution in [0.5, 0.6) is 0 Å². The molecule has 2 N–H and O–H groups in total. The lowest BCUT2D eigenvalue weighted by molar-refractivity contribution is -0.135. The number of nitrogens with one attached hydrogen (secondary N) is 2. The molecule has 2 aromatic rings. The average Bonchev–Trinajstić information content (AvgIpc) is 2.94. The van der Waals surface area contributed by atoms with Gasteiger partial charge in [0, 0.05) is 0 Å². The summed E-state index contributed by atoms with van der Waals surface area (Å²) in [5, 5.41) is 5.64. The number of amides is 4. The number of aryl methyl sites for hydroxylation is 2. The first kappa shape index (κ1) is 22.5. The van der Waals surface area contributed by atoms with E-state index >= 15 is 0 Å². The fourth-order valence-corrected chi connectivity index (χ4v) is 3.79. The number of urea groups is 1. The molecule has 1 fully saturated rings. The summed E-state index contributed by atoms with van der Waals surface area (Å²) in [6.07, 6.45) is 0. The molecule has 6 nitrogen and oxygen atoms in total. The fraction of sp³-hybridized carbons (Fsp3) is 0.400. The zero-order valence-corrected chi connectivity index (χ0v) is 19.1. The van der Waals surface area contributed by atoms with E-state index in [1.807, 2.05) is 63.2 Å². The van der Waals surface area contributed by atoms with Gasteiger partial charge in [0.25, 0.3) is 5.91 Å². The molecule has 4 amide bonds. The standard InChI is InChI=1S/C25H31N3O3/c1-15(2)19-9-11-21(12-10-19)25(6)23(30)28(24(31)27-25)14-22(29)26-18(5)20-8-7-16(3)17(4)13-20/h7-13,15,18H,14H2,1-6H3,(H,26,29)(H,27,31)/t18-,25-/m0/s1. The number of benzene rings is 2. The first-order valence-electron chi connectivity index (χ1n) is 10.6. The largest absolute Gasteiger partial charge is 0.348 e. The molecule has 1 aliphatic rings. The average molecular weight is 422 g/mol. The molecule has 0 bridgehead atoms. The maximum Gasteiger partial charge on any atom is 0.325 e. The zero-order chi connectivity index (χ0) is 22.9. The lowest BCUT2D eigenvalue weighted by Crippen LogP contribution is -2.43. The molecule has 0 spiro atoms. The van der Waals surface area contributed by atoms with Crippen molar-refractivity contribution >= 4 is 17.8 Å². The predicted octanol–water partition coefficient (Wildman–Crippen LogP) is 4.07. The molecule has 0 radical (unpaired) electrons. The fourth-order valence-electron chi connectivity index (χ4n) is 3.79. The summed E-state index contributed by atoms with van der Waals surface area (Å²) >= 11 is 0. The maximum absolute atomic E-state index is 13.1. The van der Waals surface area contributed by atoms with E-state index in [9.17, 15) is 14.4 Å². The number of rotatable bonds is 6. The van der Waals surface area contributed by atoms with Crippen LogP contribution in [0.4, 0.5) is 4.79 Å². The van der Waals surface area contributed by atoms with Gasteiger partial charge in [-0.1, -0.05) is 56.3 Å². The van der Waals surface area contributed by atoms with E-state index < -0.39 is 17.5 Å². The Balaban J connectivity index is 1.70. The van der Waals surface area contributed by atoms with Gasteiger partial charge in [-0.15, -0.1) is 0 Å². The number of nitrogens with zero attached hydrogens (tertiary/aromatic N) is 1. The van der Waals surface area contributed by atoms with Crippen LogP contribution >= 0.6 is 0 Å². The van der Waals surface area contributed by atoms with Crippen molar-refractivity contribution in [1.29, 1.82) is 0 Å². The predicted molar refractivity (Wildman–Crippen MR) is 121 cm³/mol. The highest BCUT2D eigenvalue weighted by molar-refractivity contribution is 6.09. The minimum atomic E-state index is -1.19. The zero-order valence-electron chi connectivity index (χ0n) is 19.1. The van der Waals surface area contributed by atoms with E-state index in [0.717, 1.165) is 21.6 Å². The van der Waals surface area contributed by atoms with Crippen molar-refractivity contribution in [3.63, 3.8) is 0 Å². The van der Waals surface area contributed by atoms with Gasteiger partial charge >= 0.3 is 6.03 Å². The van der Waals surface area contributed by atoms with Crippen molar-refractivity contribution in [3.8, 4) is 0 Å². The van der Waals surface area contributed by atoms with E-state index in [-0.39, 0.29) is 18.5 Å². The van der Waals surface area contributed by atoms with Crippen LogP contribution in [0.25, 0.3) is 0 Å². The molecule has 2 atom stereocenters. The Morgan fingerprint density at radius 2 is 1.61 bits per heavy atom. The van der Waals surface area contributed by atoms with Gasteiger partial charge in [-0.2, -0.15) is 0 Å². The summed E-state index contributed by atoms with van der Waals surface area (Å²) < 4.78 is 0. The third-order valence-electron chi connectivity index (χ3n) is 6.14. The van der Waals surface area contributed by atoms with Gasteiger partial charge in [0.05, 0.1) is 6.04 Å². The molecule has 1 heterocycles. The molecule has 0 aromatic heterocycles. The van der Waals surface area contributed by atoms with Crippen molar-refractivity contribution in [2.24, 2.45) is 0 Å². The summed E-state index contributed by atoms with van der Waals surface area (Å²) in [5.74, 6) is -0.437.